The summed E-state index contributed by atoms with van der Waals surface area (Å²) < 4.78 is 40.2. The molecule has 0 aliphatic rings. The molecule has 0 aromatic heterocycles. The molecule has 0 fully saturated rings. The Hall–Kier alpha value is -1.19. The molecule has 0 heterocycles. The number of nitrogens with zero attached hydrogens (tertiary/aromatic N) is 1. The molecule has 0 saturated carbocycles. The van der Waals surface area contributed by atoms with E-state index < -0.39 is 26.5 Å². The Bertz CT molecular complexity index is 634. The first-order chi connectivity index (χ1) is 9.69. The van der Waals surface area contributed by atoms with Gasteiger partial charge in [-0.15, -0.1) is 0 Å². The molecule has 0 aliphatic heterocycles. The summed E-state index contributed by atoms with van der Waals surface area (Å²) in [5.41, 5.74) is -0.721. The van der Waals surface area contributed by atoms with E-state index in [1.807, 2.05) is 13.2 Å². The fraction of sp³-hybridized carbons (Fsp3) is 0.500. The molecule has 0 saturated heterocycles. The van der Waals surface area contributed by atoms with E-state index in [1.54, 1.807) is 11.8 Å². The molecule has 1 atom stereocenters. The number of sulfonamides is 1. The van der Waals surface area contributed by atoms with Gasteiger partial charge in [0, 0.05) is 12.6 Å². The largest absolute Gasteiger partial charge is 0.306 e. The SMILES string of the molecule is CSCC(C)CNS(=O)(=O)c1cc([N+](=O)[O-])c(F)cc1C. The van der Waals surface area contributed by atoms with Crippen molar-refractivity contribution in [2.24, 2.45) is 5.92 Å². The van der Waals surface area contributed by atoms with Crippen molar-refractivity contribution in [3.05, 3.63) is 33.6 Å². The number of thioether (sulfide) groups is 1. The van der Waals surface area contributed by atoms with Gasteiger partial charge in [-0.05, 0) is 36.5 Å². The lowest BCUT2D eigenvalue weighted by atomic mass is 10.2. The number of benzene rings is 1. The van der Waals surface area contributed by atoms with Gasteiger partial charge in [0.15, 0.2) is 0 Å². The van der Waals surface area contributed by atoms with E-state index in [0.29, 0.717) is 0 Å². The van der Waals surface area contributed by atoms with Crippen LogP contribution in [0.3, 0.4) is 0 Å². The maximum absolute atomic E-state index is 13.4. The third kappa shape index (κ3) is 4.65. The van der Waals surface area contributed by atoms with Gasteiger partial charge in [0.05, 0.1) is 9.82 Å². The summed E-state index contributed by atoms with van der Waals surface area (Å²) in [6.45, 7) is 3.50. The quantitative estimate of drug-likeness (QED) is 0.610. The second kappa shape index (κ2) is 7.19. The zero-order valence-corrected chi connectivity index (χ0v) is 13.6. The standard InChI is InChI=1S/C12H17FN2O4S2/c1-8(7-20-3)6-14-21(18,19)12-5-11(15(16)17)10(13)4-9(12)2/h4-5,8,14H,6-7H2,1-3H3. The summed E-state index contributed by atoms with van der Waals surface area (Å²) in [6.07, 6.45) is 1.92. The lowest BCUT2D eigenvalue weighted by Gasteiger charge is -2.13. The van der Waals surface area contributed by atoms with Crippen molar-refractivity contribution in [1.29, 1.82) is 0 Å². The number of nitro groups is 1. The Kier molecular flexibility index (Phi) is 6.11. The van der Waals surface area contributed by atoms with E-state index in [2.05, 4.69) is 4.72 Å². The number of hydrogen-bond donors (Lipinski definition) is 1. The maximum atomic E-state index is 13.4. The highest BCUT2D eigenvalue weighted by Gasteiger charge is 2.24. The summed E-state index contributed by atoms with van der Waals surface area (Å²) in [7, 11) is -3.91. The van der Waals surface area contributed by atoms with Crippen molar-refractivity contribution in [3.8, 4) is 0 Å². The van der Waals surface area contributed by atoms with E-state index >= 15 is 0 Å². The van der Waals surface area contributed by atoms with E-state index in [4.69, 9.17) is 0 Å². The lowest BCUT2D eigenvalue weighted by molar-refractivity contribution is -0.387. The average Bonchev–Trinajstić information content (AvgIpc) is 2.36. The van der Waals surface area contributed by atoms with Crippen LogP contribution in [0.15, 0.2) is 17.0 Å². The van der Waals surface area contributed by atoms with Gasteiger partial charge in [-0.3, -0.25) is 10.1 Å². The highest BCUT2D eigenvalue weighted by atomic mass is 32.2. The minimum absolute atomic E-state index is 0.116. The number of nitro benzene ring substituents is 1. The topological polar surface area (TPSA) is 89.3 Å². The van der Waals surface area contributed by atoms with Crippen LogP contribution in [0, 0.1) is 28.8 Å². The third-order valence-electron chi connectivity index (χ3n) is 2.80. The fourth-order valence-electron chi connectivity index (χ4n) is 1.74. The molecule has 1 rings (SSSR count). The third-order valence-corrected chi connectivity index (χ3v) is 5.27. The summed E-state index contributed by atoms with van der Waals surface area (Å²) in [5.74, 6) is -0.150. The van der Waals surface area contributed by atoms with Crippen molar-refractivity contribution in [2.45, 2.75) is 18.7 Å². The van der Waals surface area contributed by atoms with E-state index in [1.165, 1.54) is 6.92 Å². The first-order valence-electron chi connectivity index (χ1n) is 6.12. The van der Waals surface area contributed by atoms with Crippen molar-refractivity contribution in [3.63, 3.8) is 0 Å². The van der Waals surface area contributed by atoms with Gasteiger partial charge in [-0.1, -0.05) is 6.92 Å². The van der Waals surface area contributed by atoms with Crippen LogP contribution in [0.1, 0.15) is 12.5 Å². The smallest absolute Gasteiger partial charge is 0.258 e. The minimum Gasteiger partial charge on any atom is -0.258 e. The predicted molar refractivity (Wildman–Crippen MR) is 80.5 cm³/mol. The molecular formula is C12H17FN2O4S2. The van der Waals surface area contributed by atoms with Crippen LogP contribution in [0.4, 0.5) is 10.1 Å². The zero-order chi connectivity index (χ0) is 16.2. The Morgan fingerprint density at radius 3 is 2.62 bits per heavy atom. The molecule has 1 unspecified atom stereocenters. The highest BCUT2D eigenvalue weighted by molar-refractivity contribution is 7.98. The predicted octanol–water partition coefficient (Wildman–Crippen LogP) is 2.32. The second-order valence-electron chi connectivity index (χ2n) is 4.74. The molecule has 118 valence electrons. The molecule has 0 amide bonds. The molecule has 1 N–H and O–H groups in total. The van der Waals surface area contributed by atoms with Gasteiger partial charge in [-0.2, -0.15) is 16.2 Å². The van der Waals surface area contributed by atoms with Crippen molar-refractivity contribution >= 4 is 27.5 Å². The Morgan fingerprint density at radius 2 is 2.10 bits per heavy atom. The van der Waals surface area contributed by atoms with Crippen LogP contribution in [-0.4, -0.2) is 31.9 Å². The first kappa shape index (κ1) is 17.9. The molecule has 1 aromatic rings. The van der Waals surface area contributed by atoms with Crippen molar-refractivity contribution in [2.75, 3.05) is 18.6 Å². The zero-order valence-electron chi connectivity index (χ0n) is 11.9. The second-order valence-corrected chi connectivity index (χ2v) is 7.38. The van der Waals surface area contributed by atoms with Gasteiger partial charge in [0.25, 0.3) is 0 Å². The number of halogens is 1. The molecule has 21 heavy (non-hydrogen) atoms. The molecule has 0 radical (unpaired) electrons. The molecule has 0 aliphatic carbocycles. The van der Waals surface area contributed by atoms with Crippen molar-refractivity contribution in [1.82, 2.24) is 4.72 Å². The normalized spacial score (nSPS) is 13.1. The van der Waals surface area contributed by atoms with Crippen LogP contribution in [-0.2, 0) is 10.0 Å². The summed E-state index contributed by atoms with van der Waals surface area (Å²) in [5, 5.41) is 10.7. The number of rotatable bonds is 7. The highest BCUT2D eigenvalue weighted by Crippen LogP contribution is 2.25. The summed E-state index contributed by atoms with van der Waals surface area (Å²) in [6, 6.07) is 1.62. The van der Waals surface area contributed by atoms with Gasteiger partial charge < -0.3 is 0 Å². The average molecular weight is 336 g/mol. The molecule has 1 aromatic carbocycles. The first-order valence-corrected chi connectivity index (χ1v) is 9.00. The summed E-state index contributed by atoms with van der Waals surface area (Å²) in [4.78, 5) is 9.50. The van der Waals surface area contributed by atoms with Crippen LogP contribution >= 0.6 is 11.8 Å². The number of hydrogen-bond acceptors (Lipinski definition) is 5. The van der Waals surface area contributed by atoms with E-state index in [-0.39, 0.29) is 22.9 Å². The van der Waals surface area contributed by atoms with Crippen LogP contribution < -0.4 is 4.72 Å². The Morgan fingerprint density at radius 1 is 1.48 bits per heavy atom. The van der Waals surface area contributed by atoms with Gasteiger partial charge in [-0.25, -0.2) is 13.1 Å². The fourth-order valence-corrected chi connectivity index (χ4v) is 3.84. The molecular weight excluding hydrogens is 319 g/mol. The molecule has 0 spiro atoms. The Labute approximate surface area is 127 Å². The lowest BCUT2D eigenvalue weighted by Crippen LogP contribution is -2.29. The van der Waals surface area contributed by atoms with Gasteiger partial charge in [0.1, 0.15) is 0 Å². The van der Waals surface area contributed by atoms with Crippen LogP contribution in [0.25, 0.3) is 0 Å². The molecule has 6 nitrogen and oxygen atoms in total. The maximum Gasteiger partial charge on any atom is 0.306 e. The number of aryl methyl sites for hydroxylation is 1. The van der Waals surface area contributed by atoms with Crippen LogP contribution in [0.5, 0.6) is 0 Å². The molecule has 9 heteroatoms. The van der Waals surface area contributed by atoms with Gasteiger partial charge in [0.2, 0.25) is 15.8 Å². The minimum atomic E-state index is -3.91. The van der Waals surface area contributed by atoms with Gasteiger partial charge >= 0.3 is 5.69 Å². The Balaban J connectivity index is 3.08. The summed E-state index contributed by atoms with van der Waals surface area (Å²) >= 11 is 1.59. The molecule has 0 bridgehead atoms. The van der Waals surface area contributed by atoms with Crippen LogP contribution in [0.2, 0.25) is 0 Å². The van der Waals surface area contributed by atoms with E-state index in [0.717, 1.165) is 17.9 Å². The van der Waals surface area contributed by atoms with E-state index in [9.17, 15) is 22.9 Å². The van der Waals surface area contributed by atoms with Crippen molar-refractivity contribution < 1.29 is 17.7 Å². The monoisotopic (exact) mass is 336 g/mol. The number of nitrogens with one attached hydrogen (secondary N) is 1.